The van der Waals surface area contributed by atoms with E-state index in [4.69, 9.17) is 18.3 Å². The van der Waals surface area contributed by atoms with Crippen LogP contribution in [0.5, 0.6) is 0 Å². The van der Waals surface area contributed by atoms with Gasteiger partial charge in [-0.1, -0.05) is 41.2 Å². The highest BCUT2D eigenvalue weighted by atomic mass is 31.2. The fraction of sp³-hybridized carbons (Fsp3) is 0.878. The van der Waals surface area contributed by atoms with E-state index in [0.29, 0.717) is 24.7 Å². The fourth-order valence-electron chi connectivity index (χ4n) is 13.0. The second kappa shape index (κ2) is 14.4. The molecule has 10 nitrogen and oxygen atoms in total. The molecule has 0 radical (unpaired) electrons. The molecule has 0 aromatic carbocycles. The van der Waals surface area contributed by atoms with Crippen LogP contribution in [0.1, 0.15) is 139 Å². The standard InChI is InChI=1S/C41H67O10P/c1-11-48-52(47,49-12-2)50-25-26(3)27-15-22-41(35(45)46)24-23-39(9)28(33(27)41)13-14-30-38(8)20-17-31(37(6,7)29(38)16-21-40(30,39)10)51-32(42)18-19-36(4,5)34(43)44/h27-31,33H,3,11-25H2,1-2,4-10H3,(H,43,44)(H,45,46)/t27?,28?,29?,30?,31?,33?,38-,39+,40+,41?/m0/s1. The fourth-order valence-corrected chi connectivity index (χ4v) is 14.2. The van der Waals surface area contributed by atoms with Gasteiger partial charge in [0.2, 0.25) is 0 Å². The predicted octanol–water partition coefficient (Wildman–Crippen LogP) is 9.71. The number of phosphoric acid groups is 1. The van der Waals surface area contributed by atoms with Crippen LogP contribution < -0.4 is 0 Å². The summed E-state index contributed by atoms with van der Waals surface area (Å²) in [6.45, 7) is 23.6. The molecule has 5 aliphatic rings. The number of carbonyl (C=O) groups excluding carboxylic acids is 1. The van der Waals surface area contributed by atoms with Gasteiger partial charge in [0.25, 0.3) is 0 Å². The Bertz CT molecular complexity index is 1450. The summed E-state index contributed by atoms with van der Waals surface area (Å²) in [5.41, 5.74) is -1.30. The second-order valence-electron chi connectivity index (χ2n) is 19.0. The lowest BCUT2D eigenvalue weighted by atomic mass is 9.32. The quantitative estimate of drug-likeness (QED) is 0.1000. The molecule has 52 heavy (non-hydrogen) atoms. The number of carboxylic acid groups (broad SMARTS) is 2. The number of hydrogen-bond donors (Lipinski definition) is 2. The van der Waals surface area contributed by atoms with E-state index in [1.807, 2.05) is 0 Å². The average Bonchev–Trinajstić information content (AvgIpc) is 3.46. The van der Waals surface area contributed by atoms with Crippen LogP contribution in [-0.4, -0.2) is 54.0 Å². The normalized spacial score (nSPS) is 39.7. The lowest BCUT2D eigenvalue weighted by Gasteiger charge is -2.72. The molecular formula is C41H67O10P. The van der Waals surface area contributed by atoms with Crippen molar-refractivity contribution >= 4 is 25.7 Å². The van der Waals surface area contributed by atoms with Crippen molar-refractivity contribution in [3.63, 3.8) is 0 Å². The van der Waals surface area contributed by atoms with Crippen molar-refractivity contribution in [3.05, 3.63) is 12.2 Å². The predicted molar refractivity (Wildman–Crippen MR) is 198 cm³/mol. The number of ether oxygens (including phenoxy) is 1. The van der Waals surface area contributed by atoms with Crippen molar-refractivity contribution in [1.82, 2.24) is 0 Å². The van der Waals surface area contributed by atoms with E-state index < -0.39 is 30.6 Å². The molecule has 11 heteroatoms. The van der Waals surface area contributed by atoms with Gasteiger partial charge in [0.1, 0.15) is 6.10 Å². The Balaban J connectivity index is 1.37. The van der Waals surface area contributed by atoms with Gasteiger partial charge in [0, 0.05) is 11.8 Å². The molecule has 296 valence electrons. The lowest BCUT2D eigenvalue weighted by Crippen LogP contribution is -2.67. The van der Waals surface area contributed by atoms with Crippen LogP contribution in [-0.2, 0) is 37.3 Å². The highest BCUT2D eigenvalue weighted by Crippen LogP contribution is 2.77. The van der Waals surface area contributed by atoms with Crippen molar-refractivity contribution in [2.75, 3.05) is 19.8 Å². The molecule has 0 heterocycles. The van der Waals surface area contributed by atoms with Crippen LogP contribution in [0.3, 0.4) is 0 Å². The molecule has 5 saturated carbocycles. The number of phosphoric ester groups is 1. The number of fused-ring (bicyclic) bond motifs is 7. The minimum atomic E-state index is -3.74. The molecule has 7 unspecified atom stereocenters. The molecule has 0 aromatic heterocycles. The molecule has 5 rings (SSSR count). The molecular weight excluding hydrogens is 683 g/mol. The Morgan fingerprint density at radius 3 is 2.06 bits per heavy atom. The van der Waals surface area contributed by atoms with E-state index in [1.54, 1.807) is 27.7 Å². The van der Waals surface area contributed by atoms with E-state index in [0.717, 1.165) is 56.9 Å². The third kappa shape index (κ3) is 6.66. The Kier molecular flexibility index (Phi) is 11.5. The highest BCUT2D eigenvalue weighted by Gasteiger charge is 2.72. The van der Waals surface area contributed by atoms with Crippen molar-refractivity contribution < 1.29 is 47.5 Å². The lowest BCUT2D eigenvalue weighted by molar-refractivity contribution is -0.250. The van der Waals surface area contributed by atoms with Gasteiger partial charge >= 0.3 is 25.7 Å². The molecule has 0 aromatic rings. The molecule has 0 spiro atoms. The van der Waals surface area contributed by atoms with E-state index in [1.165, 1.54) is 0 Å². The van der Waals surface area contributed by atoms with Crippen molar-refractivity contribution in [2.24, 2.45) is 62.1 Å². The van der Waals surface area contributed by atoms with Crippen molar-refractivity contribution in [3.8, 4) is 0 Å². The maximum absolute atomic E-state index is 13.3. The first kappa shape index (κ1) is 41.4. The minimum absolute atomic E-state index is 0.00154. The van der Waals surface area contributed by atoms with Crippen LogP contribution in [0.25, 0.3) is 0 Å². The molecule has 5 aliphatic carbocycles. The van der Waals surface area contributed by atoms with Gasteiger partial charge in [-0.15, -0.1) is 0 Å². The molecule has 0 bridgehead atoms. The monoisotopic (exact) mass is 750 g/mol. The maximum atomic E-state index is 13.3. The van der Waals surface area contributed by atoms with Crippen LogP contribution in [0.15, 0.2) is 12.2 Å². The summed E-state index contributed by atoms with van der Waals surface area (Å²) in [5.74, 6) is -1.07. The topological polar surface area (TPSA) is 146 Å². The summed E-state index contributed by atoms with van der Waals surface area (Å²) in [6, 6.07) is 0. The number of hydrogen-bond acceptors (Lipinski definition) is 8. The summed E-state index contributed by atoms with van der Waals surface area (Å²) in [4.78, 5) is 38.0. The first-order valence-electron chi connectivity index (χ1n) is 20.0. The average molecular weight is 751 g/mol. The van der Waals surface area contributed by atoms with Crippen LogP contribution in [0.4, 0.5) is 0 Å². The van der Waals surface area contributed by atoms with Crippen LogP contribution in [0.2, 0.25) is 0 Å². The Morgan fingerprint density at radius 2 is 1.46 bits per heavy atom. The van der Waals surface area contributed by atoms with Gasteiger partial charge in [-0.2, -0.15) is 0 Å². The molecule has 10 atom stereocenters. The Hall–Kier alpha value is -1.74. The SMILES string of the molecule is C=C(COP(=O)(OCC)OCC)C1CCC2(C(=O)O)CC[C@]3(C)C(CCC4[C@@]5(C)CCC(OC(=O)CCC(C)(C)C(=O)O)C(C)(C)C5CC[C@]43C)C12. The first-order valence-corrected chi connectivity index (χ1v) is 21.4. The molecule has 0 saturated heterocycles. The van der Waals surface area contributed by atoms with E-state index in [-0.39, 0.29) is 84.1 Å². The largest absolute Gasteiger partial charge is 0.481 e. The molecule has 5 fully saturated rings. The van der Waals surface area contributed by atoms with Gasteiger partial charge in [0.05, 0.1) is 30.7 Å². The van der Waals surface area contributed by atoms with E-state index in [9.17, 15) is 29.2 Å². The highest BCUT2D eigenvalue weighted by molar-refractivity contribution is 7.48. The third-order valence-electron chi connectivity index (χ3n) is 16.1. The van der Waals surface area contributed by atoms with Gasteiger partial charge < -0.3 is 14.9 Å². The van der Waals surface area contributed by atoms with E-state index >= 15 is 0 Å². The summed E-state index contributed by atoms with van der Waals surface area (Å²) in [7, 11) is -3.74. The van der Waals surface area contributed by atoms with Gasteiger partial charge in [-0.25, -0.2) is 4.57 Å². The number of esters is 1. The number of rotatable bonds is 14. The summed E-state index contributed by atoms with van der Waals surface area (Å²) in [5, 5.41) is 20.4. The maximum Gasteiger partial charge on any atom is 0.475 e. The smallest absolute Gasteiger partial charge is 0.475 e. The Morgan fingerprint density at radius 1 is 0.808 bits per heavy atom. The van der Waals surface area contributed by atoms with Gasteiger partial charge in [-0.05, 0) is 150 Å². The number of carboxylic acids is 2. The Labute approximate surface area is 312 Å². The summed E-state index contributed by atoms with van der Waals surface area (Å²) >= 11 is 0. The van der Waals surface area contributed by atoms with Crippen molar-refractivity contribution in [1.29, 1.82) is 0 Å². The van der Waals surface area contributed by atoms with Gasteiger partial charge in [-0.3, -0.25) is 28.0 Å². The van der Waals surface area contributed by atoms with Crippen molar-refractivity contribution in [2.45, 2.75) is 145 Å². The molecule has 2 N–H and O–H groups in total. The number of aliphatic carboxylic acids is 2. The first-order chi connectivity index (χ1) is 24.1. The third-order valence-corrected chi connectivity index (χ3v) is 17.7. The van der Waals surface area contributed by atoms with E-state index in [2.05, 4.69) is 41.2 Å². The zero-order chi connectivity index (χ0) is 38.7. The number of carbonyl (C=O) groups is 3. The van der Waals surface area contributed by atoms with Gasteiger partial charge in [0.15, 0.2) is 0 Å². The van der Waals surface area contributed by atoms with Crippen LogP contribution in [0, 0.1) is 62.1 Å². The zero-order valence-corrected chi connectivity index (χ0v) is 34.3. The molecule has 0 aliphatic heterocycles. The second-order valence-corrected chi connectivity index (χ2v) is 20.7. The molecule has 0 amide bonds. The zero-order valence-electron chi connectivity index (χ0n) is 33.4. The summed E-state index contributed by atoms with van der Waals surface area (Å²) in [6.07, 6.45) is 8.74. The van der Waals surface area contributed by atoms with Crippen LogP contribution >= 0.6 is 7.82 Å². The minimum Gasteiger partial charge on any atom is -0.481 e. The summed E-state index contributed by atoms with van der Waals surface area (Å²) < 4.78 is 35.9.